The number of H-pyrrole nitrogens is 1. The predicted molar refractivity (Wildman–Crippen MR) is 110 cm³/mol. The Labute approximate surface area is 170 Å². The third-order valence-corrected chi connectivity index (χ3v) is 5.62. The first-order valence-electron chi connectivity index (χ1n) is 10.3. The van der Waals surface area contributed by atoms with Gasteiger partial charge in [0.25, 0.3) is 0 Å². The molecular weight excluding hydrogens is 370 g/mol. The van der Waals surface area contributed by atoms with Gasteiger partial charge in [0.05, 0.1) is 13.5 Å². The largest absolute Gasteiger partial charge is 0.469 e. The van der Waals surface area contributed by atoms with E-state index in [2.05, 4.69) is 26.4 Å². The fraction of sp³-hybridized carbons (Fsp3) is 0.500. The van der Waals surface area contributed by atoms with Gasteiger partial charge in [-0.1, -0.05) is 18.2 Å². The van der Waals surface area contributed by atoms with Crippen LogP contribution in [-0.2, 0) is 25.5 Å². The predicted octanol–water partition coefficient (Wildman–Crippen LogP) is 2.45. The van der Waals surface area contributed by atoms with Gasteiger partial charge >= 0.3 is 5.97 Å². The molecule has 0 bridgehead atoms. The van der Waals surface area contributed by atoms with Gasteiger partial charge in [-0.25, -0.2) is 0 Å². The van der Waals surface area contributed by atoms with Crippen LogP contribution < -0.4 is 10.6 Å². The Morgan fingerprint density at radius 2 is 1.86 bits per heavy atom. The van der Waals surface area contributed by atoms with Crippen molar-refractivity contribution in [3.05, 3.63) is 36.0 Å². The van der Waals surface area contributed by atoms with Crippen molar-refractivity contribution in [2.24, 2.45) is 5.92 Å². The van der Waals surface area contributed by atoms with Crippen LogP contribution in [-0.4, -0.2) is 42.5 Å². The number of benzene rings is 1. The molecule has 0 aliphatic heterocycles. The van der Waals surface area contributed by atoms with Crippen molar-refractivity contribution in [3.8, 4) is 0 Å². The molecule has 3 rings (SSSR count). The minimum atomic E-state index is -0.381. The molecule has 1 heterocycles. The lowest BCUT2D eigenvalue weighted by molar-refractivity contribution is -0.142. The molecule has 7 heteroatoms. The Morgan fingerprint density at radius 3 is 2.62 bits per heavy atom. The van der Waals surface area contributed by atoms with Crippen LogP contribution in [0.2, 0.25) is 0 Å². The number of esters is 1. The van der Waals surface area contributed by atoms with Gasteiger partial charge < -0.3 is 20.4 Å². The number of carbonyl (C=O) groups is 3. The number of hydrogen-bond donors (Lipinski definition) is 3. The van der Waals surface area contributed by atoms with Crippen LogP contribution >= 0.6 is 0 Å². The van der Waals surface area contributed by atoms with Crippen LogP contribution in [0.1, 0.15) is 44.1 Å². The second-order valence-corrected chi connectivity index (χ2v) is 7.59. The Morgan fingerprint density at radius 1 is 1.10 bits per heavy atom. The lowest BCUT2D eigenvalue weighted by Gasteiger charge is -2.28. The zero-order valence-electron chi connectivity index (χ0n) is 16.8. The first-order valence-corrected chi connectivity index (χ1v) is 10.3. The van der Waals surface area contributed by atoms with Crippen molar-refractivity contribution in [2.75, 3.05) is 13.7 Å². The molecule has 0 saturated heterocycles. The molecule has 1 aliphatic rings. The molecule has 2 aromatic rings. The molecule has 1 aromatic carbocycles. The quantitative estimate of drug-likeness (QED) is 0.594. The molecule has 0 radical (unpaired) electrons. The van der Waals surface area contributed by atoms with Crippen LogP contribution in [0.3, 0.4) is 0 Å². The summed E-state index contributed by atoms with van der Waals surface area (Å²) >= 11 is 0. The number of hydrogen-bond acceptors (Lipinski definition) is 4. The van der Waals surface area contributed by atoms with E-state index in [1.54, 1.807) is 0 Å². The van der Waals surface area contributed by atoms with Crippen molar-refractivity contribution >= 4 is 28.7 Å². The molecule has 7 nitrogen and oxygen atoms in total. The molecule has 1 saturated carbocycles. The minimum Gasteiger partial charge on any atom is -0.469 e. The molecular formula is C22H29N3O4. The van der Waals surface area contributed by atoms with Gasteiger partial charge in [-0.15, -0.1) is 0 Å². The van der Waals surface area contributed by atoms with Gasteiger partial charge in [-0.2, -0.15) is 0 Å². The highest BCUT2D eigenvalue weighted by atomic mass is 16.5. The van der Waals surface area contributed by atoms with Gasteiger partial charge in [0.15, 0.2) is 0 Å². The van der Waals surface area contributed by atoms with E-state index >= 15 is 0 Å². The van der Waals surface area contributed by atoms with E-state index in [-0.39, 0.29) is 42.6 Å². The number of fused-ring (bicyclic) bond motifs is 1. The van der Waals surface area contributed by atoms with Gasteiger partial charge in [-0.3, -0.25) is 14.4 Å². The highest BCUT2D eigenvalue weighted by Crippen LogP contribution is 2.25. The van der Waals surface area contributed by atoms with E-state index in [1.807, 2.05) is 24.4 Å². The topological polar surface area (TPSA) is 100 Å². The number of ether oxygens (including phenoxy) is 1. The standard InChI is InChI=1S/C22H29N3O4/c1-29-21(27)11-10-20(26)25-17-8-6-15(7-9-17)22(28)23-13-12-16-14-24-19-5-3-2-4-18(16)19/h2-5,14-15,17,24H,6-13H2,1H3,(H,23,28)(H,25,26). The molecule has 3 N–H and O–H groups in total. The van der Waals surface area contributed by atoms with Crippen LogP contribution in [0.15, 0.2) is 30.5 Å². The molecule has 29 heavy (non-hydrogen) atoms. The summed E-state index contributed by atoms with van der Waals surface area (Å²) < 4.78 is 4.54. The van der Waals surface area contributed by atoms with E-state index < -0.39 is 0 Å². The molecule has 2 amide bonds. The summed E-state index contributed by atoms with van der Waals surface area (Å²) in [6.45, 7) is 0.616. The summed E-state index contributed by atoms with van der Waals surface area (Å²) in [5.41, 5.74) is 2.32. The maximum atomic E-state index is 12.5. The Hall–Kier alpha value is -2.83. The van der Waals surface area contributed by atoms with Crippen LogP contribution in [0.5, 0.6) is 0 Å². The van der Waals surface area contributed by atoms with Gasteiger partial charge in [0, 0.05) is 42.0 Å². The Balaban J connectivity index is 1.35. The van der Waals surface area contributed by atoms with Crippen molar-refractivity contribution in [3.63, 3.8) is 0 Å². The summed E-state index contributed by atoms with van der Waals surface area (Å²) in [6, 6.07) is 8.23. The zero-order chi connectivity index (χ0) is 20.6. The highest BCUT2D eigenvalue weighted by Gasteiger charge is 2.27. The van der Waals surface area contributed by atoms with E-state index in [0.717, 1.165) is 37.6 Å². The first-order chi connectivity index (χ1) is 14.1. The number of amides is 2. The first kappa shape index (κ1) is 20.9. The SMILES string of the molecule is COC(=O)CCC(=O)NC1CCC(C(=O)NCCc2c[nH]c3ccccc23)CC1. The number of nitrogens with one attached hydrogen (secondary N) is 3. The number of carbonyl (C=O) groups excluding carboxylic acids is 3. The zero-order valence-corrected chi connectivity index (χ0v) is 16.8. The smallest absolute Gasteiger partial charge is 0.306 e. The summed E-state index contributed by atoms with van der Waals surface area (Å²) in [6.07, 6.45) is 6.13. The Bertz CT molecular complexity index is 853. The maximum Gasteiger partial charge on any atom is 0.306 e. The van der Waals surface area contributed by atoms with Crippen LogP contribution in [0.25, 0.3) is 10.9 Å². The van der Waals surface area contributed by atoms with Gasteiger partial charge in [0.2, 0.25) is 11.8 Å². The van der Waals surface area contributed by atoms with E-state index in [0.29, 0.717) is 6.54 Å². The number of aromatic nitrogens is 1. The average molecular weight is 399 g/mol. The molecule has 1 aliphatic carbocycles. The minimum absolute atomic E-state index is 0.00110. The number of rotatable bonds is 8. The van der Waals surface area contributed by atoms with E-state index in [1.165, 1.54) is 18.1 Å². The normalized spacial score (nSPS) is 18.9. The average Bonchev–Trinajstić information content (AvgIpc) is 3.15. The fourth-order valence-corrected chi connectivity index (χ4v) is 3.92. The molecule has 156 valence electrons. The van der Waals surface area contributed by atoms with Crippen molar-refractivity contribution in [1.29, 1.82) is 0 Å². The summed E-state index contributed by atoms with van der Waals surface area (Å²) in [4.78, 5) is 38.7. The van der Waals surface area contributed by atoms with Crippen molar-refractivity contribution in [1.82, 2.24) is 15.6 Å². The molecule has 0 spiro atoms. The maximum absolute atomic E-state index is 12.5. The highest BCUT2D eigenvalue weighted by molar-refractivity contribution is 5.83. The number of methoxy groups -OCH3 is 1. The van der Waals surface area contributed by atoms with E-state index in [9.17, 15) is 14.4 Å². The lowest BCUT2D eigenvalue weighted by atomic mass is 9.85. The summed E-state index contributed by atoms with van der Waals surface area (Å²) in [5, 5.41) is 7.21. The number of aromatic amines is 1. The van der Waals surface area contributed by atoms with Crippen molar-refractivity contribution < 1.29 is 19.1 Å². The van der Waals surface area contributed by atoms with E-state index in [4.69, 9.17) is 0 Å². The van der Waals surface area contributed by atoms with Crippen LogP contribution in [0.4, 0.5) is 0 Å². The second kappa shape index (κ2) is 10.1. The van der Waals surface area contributed by atoms with Crippen molar-refractivity contribution in [2.45, 2.75) is 51.0 Å². The fourth-order valence-electron chi connectivity index (χ4n) is 3.92. The summed E-state index contributed by atoms with van der Waals surface area (Å²) in [5.74, 6) is -0.420. The monoisotopic (exact) mass is 399 g/mol. The summed E-state index contributed by atoms with van der Waals surface area (Å²) in [7, 11) is 1.31. The molecule has 0 unspecified atom stereocenters. The van der Waals surface area contributed by atoms with Crippen LogP contribution in [0, 0.1) is 5.92 Å². The Kier molecular flexibility index (Phi) is 7.27. The van der Waals surface area contributed by atoms with Gasteiger partial charge in [0.1, 0.15) is 0 Å². The molecule has 1 aromatic heterocycles. The molecule has 1 fully saturated rings. The lowest BCUT2D eigenvalue weighted by Crippen LogP contribution is -2.41. The number of para-hydroxylation sites is 1. The second-order valence-electron chi connectivity index (χ2n) is 7.59. The third-order valence-electron chi connectivity index (χ3n) is 5.62. The third kappa shape index (κ3) is 5.82. The molecule has 0 atom stereocenters. The van der Waals surface area contributed by atoms with Gasteiger partial charge in [-0.05, 0) is 43.7 Å².